The van der Waals surface area contributed by atoms with E-state index in [9.17, 15) is 9.59 Å². The highest BCUT2D eigenvalue weighted by Gasteiger charge is 2.31. The molecule has 0 spiro atoms. The molecule has 2 atom stereocenters. The molecule has 0 bridgehead atoms. The van der Waals surface area contributed by atoms with Gasteiger partial charge in [-0.25, -0.2) is 4.79 Å². The number of aromatic nitrogens is 1. The van der Waals surface area contributed by atoms with Gasteiger partial charge in [0.25, 0.3) is 5.56 Å². The summed E-state index contributed by atoms with van der Waals surface area (Å²) in [5.74, 6) is 0.858. The van der Waals surface area contributed by atoms with Crippen LogP contribution in [0.25, 0.3) is 0 Å². The molecule has 1 fully saturated rings. The second kappa shape index (κ2) is 4.65. The van der Waals surface area contributed by atoms with Crippen LogP contribution in [0.1, 0.15) is 31.4 Å². The van der Waals surface area contributed by atoms with Gasteiger partial charge in [0.2, 0.25) is 0 Å². The number of piperidine rings is 1. The summed E-state index contributed by atoms with van der Waals surface area (Å²) < 4.78 is 9.81. The van der Waals surface area contributed by atoms with Gasteiger partial charge in [-0.2, -0.15) is 5.16 Å². The van der Waals surface area contributed by atoms with Crippen molar-refractivity contribution in [3.63, 3.8) is 0 Å². The van der Waals surface area contributed by atoms with Crippen LogP contribution in [0.5, 0.6) is 0 Å². The van der Waals surface area contributed by atoms with E-state index < -0.39 is 0 Å². The first-order valence-electron chi connectivity index (χ1n) is 5.65. The van der Waals surface area contributed by atoms with E-state index in [0.717, 1.165) is 12.8 Å². The number of methoxy groups -OCH3 is 1. The highest BCUT2D eigenvalue weighted by molar-refractivity contribution is 5.67. The van der Waals surface area contributed by atoms with Crippen molar-refractivity contribution in [2.24, 2.45) is 0 Å². The summed E-state index contributed by atoms with van der Waals surface area (Å²) in [7, 11) is 1.38. The molecule has 2 unspecified atom stereocenters. The van der Waals surface area contributed by atoms with Gasteiger partial charge >= 0.3 is 6.09 Å². The Morgan fingerprint density at radius 2 is 2.41 bits per heavy atom. The van der Waals surface area contributed by atoms with Crippen molar-refractivity contribution in [1.29, 1.82) is 0 Å². The van der Waals surface area contributed by atoms with E-state index >= 15 is 0 Å². The minimum atomic E-state index is -0.300. The highest BCUT2D eigenvalue weighted by atomic mass is 16.5. The monoisotopic (exact) mass is 240 g/mol. The predicted molar refractivity (Wildman–Crippen MR) is 59.9 cm³/mol. The molecule has 1 amide bonds. The zero-order chi connectivity index (χ0) is 12.4. The average Bonchev–Trinajstić information content (AvgIpc) is 2.75. The van der Waals surface area contributed by atoms with Crippen molar-refractivity contribution in [2.75, 3.05) is 13.7 Å². The Hall–Kier alpha value is -1.72. The number of hydrogen-bond acceptors (Lipinski definition) is 4. The molecule has 1 aromatic rings. The van der Waals surface area contributed by atoms with Gasteiger partial charge in [0, 0.05) is 24.6 Å². The van der Waals surface area contributed by atoms with E-state index in [1.54, 1.807) is 4.90 Å². The van der Waals surface area contributed by atoms with Crippen LogP contribution in [0.2, 0.25) is 0 Å². The SMILES string of the molecule is COC(=O)N1CCC(c2cc(=O)[nH]o2)CC1C. The number of ether oxygens (including phenoxy) is 1. The smallest absolute Gasteiger partial charge is 0.409 e. The molecule has 17 heavy (non-hydrogen) atoms. The Morgan fingerprint density at radius 3 is 2.94 bits per heavy atom. The minimum absolute atomic E-state index is 0.0846. The fourth-order valence-electron chi connectivity index (χ4n) is 2.32. The van der Waals surface area contributed by atoms with Gasteiger partial charge in [-0.15, -0.1) is 0 Å². The lowest BCUT2D eigenvalue weighted by Crippen LogP contribution is -2.44. The number of hydrogen-bond donors (Lipinski definition) is 1. The molecule has 0 aromatic carbocycles. The zero-order valence-electron chi connectivity index (χ0n) is 9.93. The van der Waals surface area contributed by atoms with Crippen LogP contribution in [0.4, 0.5) is 4.79 Å². The molecular formula is C11H16N2O4. The first-order valence-corrected chi connectivity index (χ1v) is 5.65. The summed E-state index contributed by atoms with van der Waals surface area (Å²) in [6.07, 6.45) is 1.25. The molecule has 1 aliphatic heterocycles. The third-order valence-electron chi connectivity index (χ3n) is 3.23. The first kappa shape index (κ1) is 11.8. The molecule has 6 nitrogen and oxygen atoms in total. The fraction of sp³-hybridized carbons (Fsp3) is 0.636. The Bertz CT molecular complexity index is 450. The quantitative estimate of drug-likeness (QED) is 0.802. The van der Waals surface area contributed by atoms with Crippen LogP contribution in [-0.4, -0.2) is 35.8 Å². The second-order valence-corrected chi connectivity index (χ2v) is 4.35. The molecule has 2 rings (SSSR count). The van der Waals surface area contributed by atoms with Gasteiger partial charge in [0.15, 0.2) is 0 Å². The van der Waals surface area contributed by atoms with Gasteiger partial charge < -0.3 is 14.2 Å². The molecule has 6 heteroatoms. The van der Waals surface area contributed by atoms with Crippen LogP contribution in [0.3, 0.4) is 0 Å². The zero-order valence-corrected chi connectivity index (χ0v) is 9.93. The van der Waals surface area contributed by atoms with Crippen molar-refractivity contribution in [2.45, 2.75) is 31.7 Å². The lowest BCUT2D eigenvalue weighted by atomic mass is 9.90. The summed E-state index contributed by atoms with van der Waals surface area (Å²) in [6, 6.07) is 1.56. The minimum Gasteiger partial charge on any atom is -0.453 e. The third kappa shape index (κ3) is 2.35. The number of carbonyl (C=O) groups is 1. The standard InChI is InChI=1S/C11H16N2O4/c1-7-5-8(9-6-10(14)12-17-9)3-4-13(7)11(15)16-2/h6-8H,3-5H2,1-2H3,(H,12,14). The molecule has 1 saturated heterocycles. The summed E-state index contributed by atoms with van der Waals surface area (Å²) >= 11 is 0. The number of nitrogens with zero attached hydrogens (tertiary/aromatic N) is 1. The van der Waals surface area contributed by atoms with E-state index in [1.807, 2.05) is 6.92 Å². The van der Waals surface area contributed by atoms with E-state index in [-0.39, 0.29) is 23.6 Å². The van der Waals surface area contributed by atoms with Gasteiger partial charge in [0.1, 0.15) is 5.76 Å². The van der Waals surface area contributed by atoms with E-state index in [4.69, 9.17) is 9.26 Å². The number of likely N-dealkylation sites (tertiary alicyclic amines) is 1. The molecule has 1 N–H and O–H groups in total. The van der Waals surface area contributed by atoms with Crippen molar-refractivity contribution in [1.82, 2.24) is 10.1 Å². The number of amides is 1. The van der Waals surface area contributed by atoms with Crippen molar-refractivity contribution in [3.8, 4) is 0 Å². The van der Waals surface area contributed by atoms with Crippen LogP contribution < -0.4 is 5.56 Å². The molecule has 1 aliphatic rings. The number of nitrogens with one attached hydrogen (secondary N) is 1. The molecule has 2 heterocycles. The van der Waals surface area contributed by atoms with Crippen molar-refractivity contribution in [3.05, 3.63) is 22.2 Å². The Balaban J connectivity index is 2.04. The lowest BCUT2D eigenvalue weighted by molar-refractivity contribution is 0.0870. The number of carbonyl (C=O) groups excluding carboxylic acids is 1. The van der Waals surface area contributed by atoms with E-state index in [2.05, 4.69) is 5.16 Å². The van der Waals surface area contributed by atoms with Crippen LogP contribution in [-0.2, 0) is 4.74 Å². The number of aromatic amines is 1. The molecule has 0 saturated carbocycles. The highest BCUT2D eigenvalue weighted by Crippen LogP contribution is 2.30. The second-order valence-electron chi connectivity index (χ2n) is 4.35. The van der Waals surface area contributed by atoms with Crippen LogP contribution in [0.15, 0.2) is 15.4 Å². The lowest BCUT2D eigenvalue weighted by Gasteiger charge is -2.35. The maximum absolute atomic E-state index is 11.4. The first-order chi connectivity index (χ1) is 8.11. The number of rotatable bonds is 1. The third-order valence-corrected chi connectivity index (χ3v) is 3.23. The van der Waals surface area contributed by atoms with E-state index in [1.165, 1.54) is 13.2 Å². The molecule has 94 valence electrons. The average molecular weight is 240 g/mol. The molecule has 0 radical (unpaired) electrons. The predicted octanol–water partition coefficient (Wildman–Crippen LogP) is 1.30. The van der Waals surface area contributed by atoms with Gasteiger partial charge in [-0.05, 0) is 19.8 Å². The summed E-state index contributed by atoms with van der Waals surface area (Å²) in [6.45, 7) is 2.58. The van der Waals surface area contributed by atoms with Crippen molar-refractivity contribution >= 4 is 6.09 Å². The van der Waals surface area contributed by atoms with Gasteiger partial charge in [-0.1, -0.05) is 0 Å². The van der Waals surface area contributed by atoms with Crippen LogP contribution >= 0.6 is 0 Å². The van der Waals surface area contributed by atoms with Gasteiger partial charge in [0.05, 0.1) is 7.11 Å². The van der Waals surface area contributed by atoms with E-state index in [0.29, 0.717) is 12.3 Å². The Morgan fingerprint density at radius 1 is 1.65 bits per heavy atom. The summed E-state index contributed by atoms with van der Waals surface area (Å²) in [4.78, 5) is 24.1. The van der Waals surface area contributed by atoms with Gasteiger partial charge in [-0.3, -0.25) is 4.79 Å². The largest absolute Gasteiger partial charge is 0.453 e. The molecule has 1 aromatic heterocycles. The summed E-state index contributed by atoms with van der Waals surface area (Å²) in [5.41, 5.74) is -0.219. The normalized spacial score (nSPS) is 24.7. The Kier molecular flexibility index (Phi) is 3.21. The maximum atomic E-state index is 11.4. The Labute approximate surface area is 98.5 Å². The van der Waals surface area contributed by atoms with Crippen LogP contribution in [0, 0.1) is 0 Å². The topological polar surface area (TPSA) is 75.5 Å². The maximum Gasteiger partial charge on any atom is 0.409 e. The fourth-order valence-corrected chi connectivity index (χ4v) is 2.32. The molecular weight excluding hydrogens is 224 g/mol. The number of H-pyrrole nitrogens is 1. The summed E-state index contributed by atoms with van der Waals surface area (Å²) in [5, 5.41) is 2.29. The van der Waals surface area contributed by atoms with Crippen molar-refractivity contribution < 1.29 is 14.1 Å². The molecule has 0 aliphatic carbocycles.